The summed E-state index contributed by atoms with van der Waals surface area (Å²) in [5.74, 6) is 0.642. The summed E-state index contributed by atoms with van der Waals surface area (Å²) >= 11 is 5.79. The van der Waals surface area contributed by atoms with Crippen molar-refractivity contribution in [3.05, 3.63) is 29.3 Å². The number of aliphatic hydroxyl groups is 1. The Hall–Kier alpha value is -0.810. The first-order valence-electron chi connectivity index (χ1n) is 5.13. The third-order valence-electron chi connectivity index (χ3n) is 1.80. The molecule has 0 aliphatic rings. The van der Waals surface area contributed by atoms with E-state index in [9.17, 15) is 5.11 Å². The highest BCUT2D eigenvalue weighted by Gasteiger charge is 2.04. The number of halogens is 1. The first-order valence-corrected chi connectivity index (χ1v) is 5.51. The van der Waals surface area contributed by atoms with Gasteiger partial charge in [0.1, 0.15) is 18.5 Å². The van der Waals surface area contributed by atoms with Crippen LogP contribution >= 0.6 is 11.6 Å². The van der Waals surface area contributed by atoms with Crippen molar-refractivity contribution in [2.24, 2.45) is 0 Å². The number of benzene rings is 1. The highest BCUT2D eigenvalue weighted by atomic mass is 35.5. The number of aliphatic hydroxyl groups excluding tert-OH is 1. The minimum Gasteiger partial charge on any atom is -0.491 e. The van der Waals surface area contributed by atoms with Gasteiger partial charge in [-0.05, 0) is 25.1 Å². The minimum absolute atomic E-state index is 0.195. The molecule has 0 spiro atoms. The number of hydrogen-bond donors (Lipinski definition) is 2. The van der Waals surface area contributed by atoms with Crippen molar-refractivity contribution in [1.82, 2.24) is 5.48 Å². The molecular formula is C11H16ClNO3. The molecule has 5 heteroatoms. The average Bonchev–Trinajstić information content (AvgIpc) is 2.27. The predicted molar refractivity (Wildman–Crippen MR) is 62.6 cm³/mol. The smallest absolute Gasteiger partial charge is 0.120 e. The van der Waals surface area contributed by atoms with E-state index in [0.29, 0.717) is 23.9 Å². The second-order valence-corrected chi connectivity index (χ2v) is 3.64. The molecule has 16 heavy (non-hydrogen) atoms. The summed E-state index contributed by atoms with van der Waals surface area (Å²) in [5, 5.41) is 10.1. The third kappa shape index (κ3) is 5.32. The van der Waals surface area contributed by atoms with Crippen molar-refractivity contribution in [1.29, 1.82) is 0 Å². The van der Waals surface area contributed by atoms with E-state index < -0.39 is 6.10 Å². The Morgan fingerprint density at radius 3 is 3.00 bits per heavy atom. The van der Waals surface area contributed by atoms with Crippen LogP contribution in [0.1, 0.15) is 6.92 Å². The monoisotopic (exact) mass is 245 g/mol. The molecule has 0 amide bonds. The molecule has 1 aromatic rings. The topological polar surface area (TPSA) is 50.7 Å². The molecule has 0 aliphatic carbocycles. The van der Waals surface area contributed by atoms with Gasteiger partial charge in [0.15, 0.2) is 0 Å². The third-order valence-corrected chi connectivity index (χ3v) is 2.04. The molecule has 0 aromatic heterocycles. The molecule has 0 bridgehead atoms. The largest absolute Gasteiger partial charge is 0.491 e. The van der Waals surface area contributed by atoms with Gasteiger partial charge in [-0.25, -0.2) is 0 Å². The standard InChI is InChI=1S/C11H16ClNO3/c1-2-16-13-7-10(14)8-15-11-5-3-4-9(12)6-11/h3-6,10,13-14H,2,7-8H2,1H3. The van der Waals surface area contributed by atoms with Crippen LogP contribution < -0.4 is 10.2 Å². The quantitative estimate of drug-likeness (QED) is 0.566. The average molecular weight is 246 g/mol. The molecule has 1 atom stereocenters. The zero-order chi connectivity index (χ0) is 11.8. The lowest BCUT2D eigenvalue weighted by molar-refractivity contribution is 0.00949. The van der Waals surface area contributed by atoms with Crippen LogP contribution in [0.2, 0.25) is 5.02 Å². The first-order chi connectivity index (χ1) is 7.72. The summed E-state index contributed by atoms with van der Waals surface area (Å²) in [6.07, 6.45) is -0.620. The maximum atomic E-state index is 9.51. The van der Waals surface area contributed by atoms with Crippen LogP contribution in [0.5, 0.6) is 5.75 Å². The van der Waals surface area contributed by atoms with Gasteiger partial charge in [-0.2, -0.15) is 5.48 Å². The number of nitrogens with one attached hydrogen (secondary N) is 1. The van der Waals surface area contributed by atoms with E-state index in [1.54, 1.807) is 24.3 Å². The summed E-state index contributed by atoms with van der Waals surface area (Å²) in [6, 6.07) is 7.04. The van der Waals surface area contributed by atoms with Crippen molar-refractivity contribution in [2.45, 2.75) is 13.0 Å². The van der Waals surface area contributed by atoms with Crippen molar-refractivity contribution in [3.63, 3.8) is 0 Å². The molecule has 0 saturated carbocycles. The Balaban J connectivity index is 2.23. The van der Waals surface area contributed by atoms with Gasteiger partial charge in [0.25, 0.3) is 0 Å². The first kappa shape index (κ1) is 13.3. The molecule has 4 nitrogen and oxygen atoms in total. The predicted octanol–water partition coefficient (Wildman–Crippen LogP) is 1.62. The van der Waals surface area contributed by atoms with Gasteiger partial charge >= 0.3 is 0 Å². The van der Waals surface area contributed by atoms with Gasteiger partial charge in [0.05, 0.1) is 13.2 Å². The SMILES string of the molecule is CCONCC(O)COc1cccc(Cl)c1. The minimum atomic E-state index is -0.620. The molecule has 90 valence electrons. The van der Waals surface area contributed by atoms with Gasteiger partial charge in [-0.1, -0.05) is 17.7 Å². The van der Waals surface area contributed by atoms with Crippen LogP contribution in [-0.2, 0) is 4.84 Å². The Labute approximate surface area is 100 Å². The maximum Gasteiger partial charge on any atom is 0.120 e. The fourth-order valence-corrected chi connectivity index (χ4v) is 1.25. The molecule has 0 fully saturated rings. The lowest BCUT2D eigenvalue weighted by atomic mass is 10.3. The maximum absolute atomic E-state index is 9.51. The van der Waals surface area contributed by atoms with Gasteiger partial charge in [-0.15, -0.1) is 0 Å². The second kappa shape index (κ2) is 7.46. The van der Waals surface area contributed by atoms with E-state index in [2.05, 4.69) is 5.48 Å². The van der Waals surface area contributed by atoms with Gasteiger partial charge in [-0.3, -0.25) is 0 Å². The van der Waals surface area contributed by atoms with Crippen molar-refractivity contribution < 1.29 is 14.7 Å². The lowest BCUT2D eigenvalue weighted by Crippen LogP contribution is -2.31. The molecule has 1 rings (SSSR count). The zero-order valence-corrected chi connectivity index (χ0v) is 9.91. The number of hydroxylamine groups is 1. The molecule has 1 aromatic carbocycles. The summed E-state index contributed by atoms with van der Waals surface area (Å²) in [5.41, 5.74) is 2.63. The fraction of sp³-hybridized carbons (Fsp3) is 0.455. The summed E-state index contributed by atoms with van der Waals surface area (Å²) < 4.78 is 5.35. The molecule has 1 unspecified atom stereocenters. The Kier molecular flexibility index (Phi) is 6.18. The van der Waals surface area contributed by atoms with Crippen LogP contribution in [0.25, 0.3) is 0 Å². The molecule has 0 heterocycles. The van der Waals surface area contributed by atoms with Crippen LogP contribution in [0.15, 0.2) is 24.3 Å². The van der Waals surface area contributed by atoms with Gasteiger partial charge in [0.2, 0.25) is 0 Å². The van der Waals surface area contributed by atoms with Crippen LogP contribution in [0, 0.1) is 0 Å². The Bertz CT molecular complexity index is 309. The van der Waals surface area contributed by atoms with E-state index in [0.717, 1.165) is 0 Å². The van der Waals surface area contributed by atoms with E-state index in [1.807, 2.05) is 6.92 Å². The number of hydrogen-bond acceptors (Lipinski definition) is 4. The summed E-state index contributed by atoms with van der Waals surface area (Å²) in [4.78, 5) is 4.89. The summed E-state index contributed by atoms with van der Waals surface area (Å²) in [7, 11) is 0. The van der Waals surface area contributed by atoms with Crippen LogP contribution in [0.4, 0.5) is 0 Å². The van der Waals surface area contributed by atoms with Gasteiger partial charge < -0.3 is 14.7 Å². The number of rotatable bonds is 7. The molecule has 2 N–H and O–H groups in total. The normalized spacial score (nSPS) is 12.4. The number of ether oxygens (including phenoxy) is 1. The van der Waals surface area contributed by atoms with E-state index in [-0.39, 0.29) is 6.61 Å². The molecule has 0 saturated heterocycles. The molecule has 0 aliphatic heterocycles. The van der Waals surface area contributed by atoms with Crippen molar-refractivity contribution in [3.8, 4) is 5.75 Å². The van der Waals surface area contributed by atoms with Crippen molar-refractivity contribution >= 4 is 11.6 Å². The van der Waals surface area contributed by atoms with E-state index in [1.165, 1.54) is 0 Å². The Morgan fingerprint density at radius 2 is 2.31 bits per heavy atom. The Morgan fingerprint density at radius 1 is 1.50 bits per heavy atom. The highest BCUT2D eigenvalue weighted by molar-refractivity contribution is 6.30. The van der Waals surface area contributed by atoms with Crippen LogP contribution in [0.3, 0.4) is 0 Å². The van der Waals surface area contributed by atoms with Crippen LogP contribution in [-0.4, -0.2) is 31.0 Å². The van der Waals surface area contributed by atoms with E-state index in [4.69, 9.17) is 21.2 Å². The molecular weight excluding hydrogens is 230 g/mol. The summed E-state index contributed by atoms with van der Waals surface area (Å²) in [6.45, 7) is 2.94. The molecule has 0 radical (unpaired) electrons. The second-order valence-electron chi connectivity index (χ2n) is 3.20. The van der Waals surface area contributed by atoms with Crippen molar-refractivity contribution in [2.75, 3.05) is 19.8 Å². The fourth-order valence-electron chi connectivity index (χ4n) is 1.07. The lowest BCUT2D eigenvalue weighted by Gasteiger charge is -2.12. The van der Waals surface area contributed by atoms with E-state index >= 15 is 0 Å². The highest BCUT2D eigenvalue weighted by Crippen LogP contribution is 2.16. The van der Waals surface area contributed by atoms with Gasteiger partial charge in [0, 0.05) is 5.02 Å². The zero-order valence-electron chi connectivity index (χ0n) is 9.15.